The Kier molecular flexibility index (Phi) is 5.61. The molecule has 0 aliphatic carbocycles. The molecule has 1 saturated heterocycles. The van der Waals surface area contributed by atoms with E-state index in [0.29, 0.717) is 24.1 Å². The number of carbonyl (C=O) groups is 1. The van der Waals surface area contributed by atoms with E-state index in [9.17, 15) is 4.79 Å². The minimum Gasteiger partial charge on any atom is -0.384 e. The van der Waals surface area contributed by atoms with Crippen LogP contribution in [-0.2, 0) is 9.53 Å². The number of ether oxygens (including phenoxy) is 1. The SMILES string of the molecule is COCCC(=O)N1CCC(Nc2ncccc2Cl)CC1. The summed E-state index contributed by atoms with van der Waals surface area (Å²) in [5.41, 5.74) is 0. The third-order valence-corrected chi connectivity index (χ3v) is 3.77. The zero-order valence-corrected chi connectivity index (χ0v) is 12.4. The number of pyridine rings is 1. The fourth-order valence-corrected chi connectivity index (χ4v) is 2.48. The highest BCUT2D eigenvalue weighted by atomic mass is 35.5. The summed E-state index contributed by atoms with van der Waals surface area (Å²) >= 11 is 6.08. The molecule has 0 saturated carbocycles. The van der Waals surface area contributed by atoms with Gasteiger partial charge in [-0.25, -0.2) is 4.98 Å². The summed E-state index contributed by atoms with van der Waals surface area (Å²) in [6, 6.07) is 3.94. The van der Waals surface area contributed by atoms with E-state index in [4.69, 9.17) is 16.3 Å². The second-order valence-corrected chi connectivity index (χ2v) is 5.28. The van der Waals surface area contributed by atoms with Crippen molar-refractivity contribution < 1.29 is 9.53 Å². The van der Waals surface area contributed by atoms with Gasteiger partial charge in [0.15, 0.2) is 0 Å². The van der Waals surface area contributed by atoms with Crippen LogP contribution in [0.25, 0.3) is 0 Å². The number of nitrogens with zero attached hydrogens (tertiary/aromatic N) is 2. The van der Waals surface area contributed by atoms with Gasteiger partial charge in [0.2, 0.25) is 5.91 Å². The van der Waals surface area contributed by atoms with Crippen molar-refractivity contribution in [1.82, 2.24) is 9.88 Å². The molecule has 2 heterocycles. The molecule has 1 aliphatic rings. The van der Waals surface area contributed by atoms with Crippen molar-refractivity contribution in [2.45, 2.75) is 25.3 Å². The number of halogens is 1. The Balaban J connectivity index is 1.80. The Morgan fingerprint density at radius 3 is 2.95 bits per heavy atom. The Morgan fingerprint density at radius 1 is 1.55 bits per heavy atom. The minimum atomic E-state index is 0.168. The first-order chi connectivity index (χ1) is 9.70. The lowest BCUT2D eigenvalue weighted by molar-refractivity contribution is -0.133. The molecule has 110 valence electrons. The van der Waals surface area contributed by atoms with Crippen LogP contribution in [0.3, 0.4) is 0 Å². The molecule has 1 aliphatic heterocycles. The number of piperidine rings is 1. The van der Waals surface area contributed by atoms with Crippen LogP contribution in [0.5, 0.6) is 0 Å². The van der Waals surface area contributed by atoms with E-state index in [-0.39, 0.29) is 5.91 Å². The molecule has 1 aromatic heterocycles. The predicted octanol–water partition coefficient (Wildman–Crippen LogP) is 2.17. The van der Waals surface area contributed by atoms with Crippen molar-refractivity contribution in [3.05, 3.63) is 23.4 Å². The van der Waals surface area contributed by atoms with Gasteiger partial charge >= 0.3 is 0 Å². The van der Waals surface area contributed by atoms with Gasteiger partial charge in [-0.15, -0.1) is 0 Å². The van der Waals surface area contributed by atoms with Crippen LogP contribution in [0.1, 0.15) is 19.3 Å². The number of rotatable bonds is 5. The second kappa shape index (κ2) is 7.45. The van der Waals surface area contributed by atoms with Crippen LogP contribution >= 0.6 is 11.6 Å². The second-order valence-electron chi connectivity index (χ2n) is 4.88. The lowest BCUT2D eigenvalue weighted by Gasteiger charge is -2.32. The van der Waals surface area contributed by atoms with Gasteiger partial charge in [0.25, 0.3) is 0 Å². The Bertz CT molecular complexity index is 448. The first kappa shape index (κ1) is 15.1. The first-order valence-electron chi connectivity index (χ1n) is 6.84. The average molecular weight is 298 g/mol. The third-order valence-electron chi connectivity index (χ3n) is 3.47. The molecule has 0 aromatic carbocycles. The van der Waals surface area contributed by atoms with E-state index in [1.54, 1.807) is 13.3 Å². The number of likely N-dealkylation sites (tertiary alicyclic amines) is 1. The summed E-state index contributed by atoms with van der Waals surface area (Å²) in [6.45, 7) is 2.02. The summed E-state index contributed by atoms with van der Waals surface area (Å²) in [5, 5.41) is 3.98. The van der Waals surface area contributed by atoms with Gasteiger partial charge in [-0.1, -0.05) is 11.6 Å². The maximum Gasteiger partial charge on any atom is 0.224 e. The predicted molar refractivity (Wildman–Crippen MR) is 79.0 cm³/mol. The molecule has 0 bridgehead atoms. The zero-order valence-electron chi connectivity index (χ0n) is 11.6. The van der Waals surface area contributed by atoms with Crippen LogP contribution < -0.4 is 5.32 Å². The van der Waals surface area contributed by atoms with Gasteiger partial charge in [0.05, 0.1) is 18.1 Å². The summed E-state index contributed by atoms with van der Waals surface area (Å²) in [6.07, 6.45) is 4.00. The molecule has 1 fully saturated rings. The number of hydrogen-bond acceptors (Lipinski definition) is 4. The van der Waals surface area contributed by atoms with Crippen molar-refractivity contribution >= 4 is 23.3 Å². The van der Waals surface area contributed by atoms with Gasteiger partial charge < -0.3 is 15.0 Å². The van der Waals surface area contributed by atoms with Gasteiger partial charge in [0.1, 0.15) is 5.82 Å². The smallest absolute Gasteiger partial charge is 0.224 e. The summed E-state index contributed by atoms with van der Waals surface area (Å²) in [4.78, 5) is 18.0. The maximum atomic E-state index is 11.9. The normalized spacial score (nSPS) is 16.2. The van der Waals surface area contributed by atoms with E-state index < -0.39 is 0 Å². The topological polar surface area (TPSA) is 54.5 Å². The summed E-state index contributed by atoms with van der Waals surface area (Å²) < 4.78 is 4.93. The van der Waals surface area contributed by atoms with E-state index in [0.717, 1.165) is 31.7 Å². The van der Waals surface area contributed by atoms with Crippen LogP contribution in [0.15, 0.2) is 18.3 Å². The lowest BCUT2D eigenvalue weighted by atomic mass is 10.0. The maximum absolute atomic E-state index is 11.9. The lowest BCUT2D eigenvalue weighted by Crippen LogP contribution is -2.42. The highest BCUT2D eigenvalue weighted by Crippen LogP contribution is 2.21. The molecular weight excluding hydrogens is 278 g/mol. The molecule has 2 rings (SSSR count). The van der Waals surface area contributed by atoms with Crippen LogP contribution in [0, 0.1) is 0 Å². The molecule has 0 unspecified atom stereocenters. The number of hydrogen-bond donors (Lipinski definition) is 1. The third kappa shape index (κ3) is 4.08. The van der Waals surface area contributed by atoms with E-state index in [1.807, 2.05) is 17.0 Å². The number of carbonyl (C=O) groups excluding carboxylic acids is 1. The quantitative estimate of drug-likeness (QED) is 0.905. The van der Waals surface area contributed by atoms with E-state index in [2.05, 4.69) is 10.3 Å². The highest BCUT2D eigenvalue weighted by Gasteiger charge is 2.22. The van der Waals surface area contributed by atoms with Gasteiger partial charge in [-0.3, -0.25) is 4.79 Å². The molecule has 1 aromatic rings. The number of amides is 1. The van der Waals surface area contributed by atoms with Gasteiger partial charge in [-0.05, 0) is 25.0 Å². The summed E-state index contributed by atoms with van der Waals surface area (Å²) in [5.74, 6) is 0.888. The molecule has 0 spiro atoms. The molecule has 20 heavy (non-hydrogen) atoms. The van der Waals surface area contributed by atoms with E-state index in [1.165, 1.54) is 0 Å². The van der Waals surface area contributed by atoms with Gasteiger partial charge in [0, 0.05) is 32.4 Å². The first-order valence-corrected chi connectivity index (χ1v) is 7.22. The number of methoxy groups -OCH3 is 1. The molecule has 1 amide bonds. The Labute approximate surface area is 124 Å². The average Bonchev–Trinajstić information content (AvgIpc) is 2.48. The van der Waals surface area contributed by atoms with Crippen molar-refractivity contribution in [1.29, 1.82) is 0 Å². The summed E-state index contributed by atoms with van der Waals surface area (Å²) in [7, 11) is 1.61. The van der Waals surface area contributed by atoms with E-state index >= 15 is 0 Å². The highest BCUT2D eigenvalue weighted by molar-refractivity contribution is 6.32. The zero-order chi connectivity index (χ0) is 14.4. The largest absolute Gasteiger partial charge is 0.384 e. The molecule has 0 atom stereocenters. The van der Waals surface area contributed by atoms with Crippen LogP contribution in [0.4, 0.5) is 5.82 Å². The number of nitrogens with one attached hydrogen (secondary N) is 1. The Morgan fingerprint density at radius 2 is 2.30 bits per heavy atom. The number of aromatic nitrogens is 1. The van der Waals surface area contributed by atoms with Crippen molar-refractivity contribution in [3.63, 3.8) is 0 Å². The van der Waals surface area contributed by atoms with Crippen molar-refractivity contribution in [3.8, 4) is 0 Å². The molecule has 6 heteroatoms. The fraction of sp³-hybridized carbons (Fsp3) is 0.571. The van der Waals surface area contributed by atoms with Crippen LogP contribution in [-0.4, -0.2) is 48.6 Å². The van der Waals surface area contributed by atoms with Crippen molar-refractivity contribution in [2.75, 3.05) is 32.1 Å². The van der Waals surface area contributed by atoms with Crippen molar-refractivity contribution in [2.24, 2.45) is 0 Å². The number of anilines is 1. The van der Waals surface area contributed by atoms with Crippen LogP contribution in [0.2, 0.25) is 5.02 Å². The monoisotopic (exact) mass is 297 g/mol. The van der Waals surface area contributed by atoms with Gasteiger partial charge in [-0.2, -0.15) is 0 Å². The standard InChI is InChI=1S/C14H20ClN3O2/c1-20-10-6-13(19)18-8-4-11(5-9-18)17-14-12(15)3-2-7-16-14/h2-3,7,11H,4-6,8-10H2,1H3,(H,16,17). The molecule has 1 N–H and O–H groups in total. The molecule has 5 nitrogen and oxygen atoms in total. The fourth-order valence-electron chi connectivity index (χ4n) is 2.31. The molecular formula is C14H20ClN3O2. The molecule has 0 radical (unpaired) electrons. The minimum absolute atomic E-state index is 0.168. The Hall–Kier alpha value is -1.33.